The first kappa shape index (κ1) is 17.3. The second-order valence-electron chi connectivity index (χ2n) is 5.84. The van der Waals surface area contributed by atoms with Gasteiger partial charge in [-0.15, -0.1) is 10.2 Å². The quantitative estimate of drug-likeness (QED) is 0.550. The molecular weight excluding hydrogens is 364 g/mol. The average molecular weight is 382 g/mol. The maximum Gasteiger partial charge on any atom is 0.218 e. The van der Waals surface area contributed by atoms with Gasteiger partial charge in [0.25, 0.3) is 0 Å². The van der Waals surface area contributed by atoms with Crippen molar-refractivity contribution in [2.24, 2.45) is 0 Å². The molecule has 0 aliphatic carbocycles. The van der Waals surface area contributed by atoms with Crippen molar-refractivity contribution in [1.29, 1.82) is 0 Å². The lowest BCUT2D eigenvalue weighted by Gasteiger charge is -2.05. The molecule has 0 unspecified atom stereocenters. The number of anilines is 1. The molecule has 4 aromatic rings. The van der Waals surface area contributed by atoms with Gasteiger partial charge >= 0.3 is 0 Å². The normalized spacial score (nSPS) is 11.1. The number of benzene rings is 2. The van der Waals surface area contributed by atoms with Gasteiger partial charge in [-0.1, -0.05) is 23.5 Å². The summed E-state index contributed by atoms with van der Waals surface area (Å²) < 4.78 is 12.5. The molecule has 3 N–H and O–H groups in total. The molecule has 0 aliphatic rings. The van der Waals surface area contributed by atoms with Crippen molar-refractivity contribution in [1.82, 2.24) is 14.8 Å². The maximum absolute atomic E-state index is 9.32. The number of hydrogen-bond acceptors (Lipinski definition) is 7. The maximum atomic E-state index is 9.32. The van der Waals surface area contributed by atoms with Gasteiger partial charge in [-0.05, 0) is 35.9 Å². The number of aromatic nitrogens is 3. The summed E-state index contributed by atoms with van der Waals surface area (Å²) in [4.78, 5) is 0. The summed E-state index contributed by atoms with van der Waals surface area (Å²) in [7, 11) is 3.27. The zero-order valence-corrected chi connectivity index (χ0v) is 15.7. The molecule has 7 nitrogen and oxygen atoms in total. The second-order valence-corrected chi connectivity index (χ2v) is 6.88. The number of aliphatic hydroxyl groups excluding tert-OH is 1. The highest BCUT2D eigenvalue weighted by molar-refractivity contribution is 7.13. The Morgan fingerprint density at radius 1 is 1.04 bits per heavy atom. The molecule has 0 fully saturated rings. The molecular formula is C19H18N4O3S. The summed E-state index contributed by atoms with van der Waals surface area (Å²) in [6.07, 6.45) is 0. The molecule has 4 rings (SSSR count). The Labute approximate surface area is 159 Å². The third kappa shape index (κ3) is 2.88. The van der Waals surface area contributed by atoms with Crippen LogP contribution >= 0.6 is 11.3 Å². The first-order valence-corrected chi connectivity index (χ1v) is 9.04. The van der Waals surface area contributed by atoms with Crippen LogP contribution in [-0.4, -0.2) is 34.1 Å². The highest BCUT2D eigenvalue weighted by atomic mass is 32.1. The van der Waals surface area contributed by atoms with Crippen molar-refractivity contribution < 1.29 is 14.6 Å². The van der Waals surface area contributed by atoms with Crippen LogP contribution in [0.15, 0.2) is 42.5 Å². The molecule has 8 heteroatoms. The van der Waals surface area contributed by atoms with Crippen LogP contribution in [0.3, 0.4) is 0 Å². The van der Waals surface area contributed by atoms with E-state index in [-0.39, 0.29) is 6.61 Å². The highest BCUT2D eigenvalue weighted by Gasteiger charge is 2.20. The van der Waals surface area contributed by atoms with Crippen molar-refractivity contribution in [2.75, 3.05) is 20.0 Å². The zero-order chi connectivity index (χ0) is 19.0. The molecule has 0 spiro atoms. The first-order valence-electron chi connectivity index (χ1n) is 8.22. The molecule has 0 atom stereocenters. The van der Waals surface area contributed by atoms with E-state index in [1.807, 2.05) is 47.0 Å². The van der Waals surface area contributed by atoms with Crippen LogP contribution in [0.5, 0.6) is 11.5 Å². The molecule has 0 amide bonds. The number of nitrogens with zero attached hydrogens (tertiary/aromatic N) is 3. The van der Waals surface area contributed by atoms with E-state index in [0.717, 1.165) is 33.5 Å². The summed E-state index contributed by atoms with van der Waals surface area (Å²) in [5.74, 6) is 2.06. The third-order valence-electron chi connectivity index (χ3n) is 4.37. The van der Waals surface area contributed by atoms with Gasteiger partial charge in [0.05, 0.1) is 26.3 Å². The third-order valence-corrected chi connectivity index (χ3v) is 5.27. The highest BCUT2D eigenvalue weighted by Crippen LogP contribution is 2.41. The van der Waals surface area contributed by atoms with E-state index in [9.17, 15) is 5.11 Å². The van der Waals surface area contributed by atoms with E-state index < -0.39 is 0 Å². The summed E-state index contributed by atoms with van der Waals surface area (Å²) in [6, 6.07) is 13.5. The number of methoxy groups -OCH3 is 2. The van der Waals surface area contributed by atoms with Gasteiger partial charge < -0.3 is 20.3 Å². The second kappa shape index (κ2) is 6.90. The standard InChI is InChI=1S/C19H18N4O3S/c1-25-12-5-3-11(4-6-12)17-14-9-13(26-2)7-8-15(14)23(18(17)20)19-22-21-16(10-24)27-19/h3-9,24H,10,20H2,1-2H3. The van der Waals surface area contributed by atoms with Gasteiger partial charge in [-0.25, -0.2) is 0 Å². The van der Waals surface area contributed by atoms with Crippen LogP contribution < -0.4 is 15.2 Å². The minimum Gasteiger partial charge on any atom is -0.497 e. The number of hydrogen-bond donors (Lipinski definition) is 2. The van der Waals surface area contributed by atoms with Crippen molar-refractivity contribution in [2.45, 2.75) is 6.61 Å². The van der Waals surface area contributed by atoms with E-state index in [1.165, 1.54) is 11.3 Å². The monoisotopic (exact) mass is 382 g/mol. The molecule has 138 valence electrons. The van der Waals surface area contributed by atoms with Crippen LogP contribution in [0.1, 0.15) is 5.01 Å². The van der Waals surface area contributed by atoms with Crippen molar-refractivity contribution in [3.63, 3.8) is 0 Å². The van der Waals surface area contributed by atoms with Gasteiger partial charge in [-0.2, -0.15) is 0 Å². The molecule has 0 aliphatic heterocycles. The molecule has 0 radical (unpaired) electrons. The summed E-state index contributed by atoms with van der Waals surface area (Å²) in [5, 5.41) is 19.6. The SMILES string of the molecule is COc1ccc(-c2c(N)n(-c3nnc(CO)s3)c3ccc(OC)cc23)cc1. The van der Waals surface area contributed by atoms with Gasteiger partial charge in [-0.3, -0.25) is 4.57 Å². The number of fused-ring (bicyclic) bond motifs is 1. The van der Waals surface area contributed by atoms with Gasteiger partial charge in [0.15, 0.2) is 0 Å². The van der Waals surface area contributed by atoms with Crippen LogP contribution in [0.25, 0.3) is 27.2 Å². The minimum absolute atomic E-state index is 0.157. The summed E-state index contributed by atoms with van der Waals surface area (Å²) in [5.41, 5.74) is 9.29. The zero-order valence-electron chi connectivity index (χ0n) is 14.8. The van der Waals surface area contributed by atoms with Crippen molar-refractivity contribution in [3.8, 4) is 27.8 Å². The summed E-state index contributed by atoms with van der Waals surface area (Å²) >= 11 is 1.30. The van der Waals surface area contributed by atoms with Crippen LogP contribution in [0.2, 0.25) is 0 Å². The fraction of sp³-hybridized carbons (Fsp3) is 0.158. The topological polar surface area (TPSA) is 95.4 Å². The number of aliphatic hydroxyl groups is 1. The Hall–Kier alpha value is -3.10. The predicted octanol–water partition coefficient (Wildman–Crippen LogP) is 3.24. The lowest BCUT2D eigenvalue weighted by molar-refractivity contribution is 0.280. The van der Waals surface area contributed by atoms with Crippen LogP contribution in [0, 0.1) is 0 Å². The van der Waals surface area contributed by atoms with Gasteiger partial charge in [0.1, 0.15) is 22.3 Å². The molecule has 2 aromatic heterocycles. The Balaban J connectivity index is 2.00. The largest absolute Gasteiger partial charge is 0.497 e. The number of nitrogens with two attached hydrogens (primary N) is 1. The molecule has 2 heterocycles. The van der Waals surface area contributed by atoms with E-state index in [0.29, 0.717) is 16.0 Å². The van der Waals surface area contributed by atoms with Gasteiger partial charge in [0.2, 0.25) is 5.13 Å². The molecule has 2 aromatic carbocycles. The minimum atomic E-state index is -0.157. The predicted molar refractivity (Wildman–Crippen MR) is 106 cm³/mol. The Bertz CT molecular complexity index is 1100. The molecule has 0 bridgehead atoms. The van der Waals surface area contributed by atoms with Crippen LogP contribution in [0.4, 0.5) is 5.82 Å². The lowest BCUT2D eigenvalue weighted by Crippen LogP contribution is -2.00. The molecule has 0 saturated heterocycles. The fourth-order valence-corrected chi connectivity index (χ4v) is 3.81. The Morgan fingerprint density at radius 2 is 1.74 bits per heavy atom. The first-order chi connectivity index (χ1) is 13.2. The number of ether oxygens (including phenoxy) is 2. The van der Waals surface area contributed by atoms with Crippen LogP contribution in [-0.2, 0) is 6.61 Å². The van der Waals surface area contributed by atoms with E-state index in [4.69, 9.17) is 15.2 Å². The summed E-state index contributed by atoms with van der Waals surface area (Å²) in [6.45, 7) is -0.157. The van der Waals surface area contributed by atoms with Crippen molar-refractivity contribution in [3.05, 3.63) is 47.5 Å². The van der Waals surface area contributed by atoms with Gasteiger partial charge in [0, 0.05) is 10.9 Å². The Morgan fingerprint density at radius 3 is 2.37 bits per heavy atom. The average Bonchev–Trinajstić information content (AvgIpc) is 3.29. The lowest BCUT2D eigenvalue weighted by atomic mass is 10.0. The van der Waals surface area contributed by atoms with E-state index in [2.05, 4.69) is 10.2 Å². The number of rotatable bonds is 5. The van der Waals surface area contributed by atoms with E-state index >= 15 is 0 Å². The molecule has 0 saturated carbocycles. The van der Waals surface area contributed by atoms with Crippen molar-refractivity contribution >= 4 is 28.1 Å². The smallest absolute Gasteiger partial charge is 0.218 e. The Kier molecular flexibility index (Phi) is 4.43. The molecule has 27 heavy (non-hydrogen) atoms. The van der Waals surface area contributed by atoms with E-state index in [1.54, 1.807) is 14.2 Å². The number of nitrogen functional groups attached to an aromatic ring is 1. The fourth-order valence-electron chi connectivity index (χ4n) is 3.08.